The van der Waals surface area contributed by atoms with Crippen LogP contribution in [-0.4, -0.2) is 40.5 Å². The Labute approximate surface area is 155 Å². The minimum absolute atomic E-state index is 0.0269. The Morgan fingerprint density at radius 2 is 1.88 bits per heavy atom. The van der Waals surface area contributed by atoms with Crippen molar-refractivity contribution in [1.82, 2.24) is 15.1 Å². The molecule has 0 aromatic heterocycles. The average Bonchev–Trinajstić information content (AvgIpc) is 2.76. The molecule has 1 spiro atoms. The van der Waals surface area contributed by atoms with Gasteiger partial charge in [-0.3, -0.25) is 9.69 Å². The van der Waals surface area contributed by atoms with Crippen molar-refractivity contribution in [3.8, 4) is 0 Å². The number of carbonyl (C=O) groups is 2. The van der Waals surface area contributed by atoms with Crippen LogP contribution in [0.25, 0.3) is 0 Å². The minimum atomic E-state index is -0.702. The van der Waals surface area contributed by atoms with Gasteiger partial charge in [-0.2, -0.15) is 0 Å². The number of nitrogens with zero attached hydrogens (tertiary/aromatic N) is 2. The number of fused-ring (bicyclic) bond motifs is 1. The molecule has 0 bridgehead atoms. The van der Waals surface area contributed by atoms with Crippen molar-refractivity contribution >= 4 is 11.9 Å². The van der Waals surface area contributed by atoms with E-state index >= 15 is 0 Å². The monoisotopic (exact) mass is 355 g/mol. The molecule has 5 heteroatoms. The molecule has 26 heavy (non-hydrogen) atoms. The molecule has 2 fully saturated rings. The van der Waals surface area contributed by atoms with Gasteiger partial charge in [0.1, 0.15) is 5.54 Å². The summed E-state index contributed by atoms with van der Waals surface area (Å²) in [5.41, 5.74) is 2.04. The van der Waals surface area contributed by atoms with Gasteiger partial charge < -0.3 is 5.32 Å². The Hall–Kier alpha value is -1.88. The molecule has 0 unspecified atom stereocenters. The molecule has 2 atom stereocenters. The number of benzene rings is 1. The van der Waals surface area contributed by atoms with Crippen LogP contribution < -0.4 is 5.32 Å². The third-order valence-corrected chi connectivity index (χ3v) is 6.18. The number of urea groups is 1. The summed E-state index contributed by atoms with van der Waals surface area (Å²) in [6, 6.07) is 8.21. The van der Waals surface area contributed by atoms with Crippen molar-refractivity contribution < 1.29 is 9.59 Å². The fraction of sp³-hybridized carbons (Fsp3) is 0.619. The highest BCUT2D eigenvalue weighted by molar-refractivity contribution is 6.07. The number of amides is 3. The van der Waals surface area contributed by atoms with Crippen molar-refractivity contribution in [3.63, 3.8) is 0 Å². The lowest BCUT2D eigenvalue weighted by atomic mass is 9.64. The number of hydrogen-bond donors (Lipinski definition) is 1. The van der Waals surface area contributed by atoms with E-state index in [1.54, 1.807) is 0 Å². The second-order valence-corrected chi connectivity index (χ2v) is 9.31. The fourth-order valence-corrected chi connectivity index (χ4v) is 5.51. The summed E-state index contributed by atoms with van der Waals surface area (Å²) in [6.45, 7) is 8.65. The maximum Gasteiger partial charge on any atom is 0.326 e. The van der Waals surface area contributed by atoms with Crippen LogP contribution in [-0.2, 0) is 17.8 Å². The highest BCUT2D eigenvalue weighted by Crippen LogP contribution is 2.46. The van der Waals surface area contributed by atoms with Crippen molar-refractivity contribution in [2.75, 3.05) is 13.2 Å². The van der Waals surface area contributed by atoms with Gasteiger partial charge in [0.2, 0.25) is 0 Å². The first-order valence-corrected chi connectivity index (χ1v) is 9.71. The third kappa shape index (κ3) is 3.02. The molecule has 1 aromatic rings. The van der Waals surface area contributed by atoms with Gasteiger partial charge in [-0.1, -0.05) is 45.0 Å². The molecular weight excluding hydrogens is 326 g/mol. The van der Waals surface area contributed by atoms with Gasteiger partial charge in [-0.25, -0.2) is 9.69 Å². The van der Waals surface area contributed by atoms with Crippen LogP contribution in [0.2, 0.25) is 0 Å². The lowest BCUT2D eigenvalue weighted by Gasteiger charge is -2.44. The second kappa shape index (κ2) is 6.08. The van der Waals surface area contributed by atoms with E-state index in [1.165, 1.54) is 16.0 Å². The summed E-state index contributed by atoms with van der Waals surface area (Å²) in [5.74, 6) is 0.408. The lowest BCUT2D eigenvalue weighted by molar-refractivity contribution is -0.136. The van der Waals surface area contributed by atoms with E-state index in [0.29, 0.717) is 12.6 Å². The van der Waals surface area contributed by atoms with Gasteiger partial charge in [0, 0.05) is 13.1 Å². The molecular formula is C21H29N3O2. The Kier molecular flexibility index (Phi) is 4.10. The van der Waals surface area contributed by atoms with Crippen LogP contribution in [0.5, 0.6) is 0 Å². The Morgan fingerprint density at radius 3 is 2.62 bits per heavy atom. The standard InChI is InChI=1S/C21H29N3O2/c1-15-10-20(2,3)13-21(11-15)18(25)24(19(26)22-21)14-23-9-8-16-6-4-5-7-17(16)12-23/h4-7,15H,8-14H2,1-3H3,(H,22,26)/t15-,21-/m1/s1. The second-order valence-electron chi connectivity index (χ2n) is 9.31. The van der Waals surface area contributed by atoms with E-state index in [1.807, 2.05) is 0 Å². The topological polar surface area (TPSA) is 52.7 Å². The molecule has 2 aliphatic heterocycles. The summed E-state index contributed by atoms with van der Waals surface area (Å²) < 4.78 is 0. The summed E-state index contributed by atoms with van der Waals surface area (Å²) in [6.07, 6.45) is 3.55. The first-order chi connectivity index (χ1) is 12.3. The molecule has 0 radical (unpaired) electrons. The Bertz CT molecular complexity index is 745. The summed E-state index contributed by atoms with van der Waals surface area (Å²) >= 11 is 0. The van der Waals surface area contributed by atoms with Crippen molar-refractivity contribution in [2.24, 2.45) is 11.3 Å². The first-order valence-electron chi connectivity index (χ1n) is 9.71. The number of imide groups is 1. The highest BCUT2D eigenvalue weighted by atomic mass is 16.2. The van der Waals surface area contributed by atoms with Crippen molar-refractivity contribution in [3.05, 3.63) is 35.4 Å². The van der Waals surface area contributed by atoms with Crippen molar-refractivity contribution in [1.29, 1.82) is 0 Å². The third-order valence-electron chi connectivity index (χ3n) is 6.18. The van der Waals surface area contributed by atoms with E-state index < -0.39 is 5.54 Å². The highest BCUT2D eigenvalue weighted by Gasteiger charge is 2.56. The van der Waals surface area contributed by atoms with Gasteiger partial charge in [0.25, 0.3) is 5.91 Å². The largest absolute Gasteiger partial charge is 0.326 e. The maximum atomic E-state index is 13.3. The van der Waals surface area contributed by atoms with Crippen LogP contribution >= 0.6 is 0 Å². The number of nitrogens with one attached hydrogen (secondary N) is 1. The predicted molar refractivity (Wildman–Crippen MR) is 100 cm³/mol. The molecule has 2 heterocycles. The van der Waals surface area contributed by atoms with Gasteiger partial charge in [-0.15, -0.1) is 0 Å². The summed E-state index contributed by atoms with van der Waals surface area (Å²) in [5, 5.41) is 3.07. The molecule has 4 rings (SSSR count). The van der Waals surface area contributed by atoms with Gasteiger partial charge in [-0.05, 0) is 48.1 Å². The molecule has 3 aliphatic rings. The SMILES string of the molecule is C[C@@H]1CC(C)(C)C[C@@]2(C1)NC(=O)N(CN1CCc3ccccc3C1)C2=O. The maximum absolute atomic E-state index is 13.3. The van der Waals surface area contributed by atoms with E-state index in [0.717, 1.165) is 38.8 Å². The summed E-state index contributed by atoms with van der Waals surface area (Å²) in [4.78, 5) is 29.6. The molecule has 1 saturated heterocycles. The van der Waals surface area contributed by atoms with E-state index in [9.17, 15) is 9.59 Å². The molecule has 3 amide bonds. The van der Waals surface area contributed by atoms with Gasteiger partial charge >= 0.3 is 6.03 Å². The lowest BCUT2D eigenvalue weighted by Crippen LogP contribution is -2.54. The molecule has 140 valence electrons. The molecule has 1 aliphatic carbocycles. The number of carbonyl (C=O) groups excluding carboxylic acids is 2. The van der Waals surface area contributed by atoms with Crippen LogP contribution in [0.15, 0.2) is 24.3 Å². The van der Waals surface area contributed by atoms with Crippen molar-refractivity contribution in [2.45, 2.75) is 58.5 Å². The van der Waals surface area contributed by atoms with Crippen LogP contribution in [0.3, 0.4) is 0 Å². The Balaban J connectivity index is 1.50. The quantitative estimate of drug-likeness (QED) is 0.829. The number of rotatable bonds is 2. The normalized spacial score (nSPS) is 31.2. The average molecular weight is 355 g/mol. The first kappa shape index (κ1) is 17.5. The zero-order chi connectivity index (χ0) is 18.5. The molecule has 1 N–H and O–H groups in total. The van der Waals surface area contributed by atoms with Gasteiger partial charge in [0.05, 0.1) is 6.67 Å². The van der Waals surface area contributed by atoms with Crippen LogP contribution in [0, 0.1) is 11.3 Å². The minimum Gasteiger partial charge on any atom is -0.323 e. The number of hydrogen-bond acceptors (Lipinski definition) is 3. The van der Waals surface area contributed by atoms with Gasteiger partial charge in [0.15, 0.2) is 0 Å². The molecule has 1 aromatic carbocycles. The predicted octanol–water partition coefficient (Wildman–Crippen LogP) is 3.14. The summed E-state index contributed by atoms with van der Waals surface area (Å²) in [7, 11) is 0. The zero-order valence-electron chi connectivity index (χ0n) is 16.0. The Morgan fingerprint density at radius 1 is 1.15 bits per heavy atom. The van der Waals surface area contributed by atoms with E-state index in [-0.39, 0.29) is 17.4 Å². The van der Waals surface area contributed by atoms with Crippen LogP contribution in [0.1, 0.15) is 51.2 Å². The fourth-order valence-electron chi connectivity index (χ4n) is 5.51. The van der Waals surface area contributed by atoms with Crippen LogP contribution in [0.4, 0.5) is 4.79 Å². The van der Waals surface area contributed by atoms with E-state index in [2.05, 4.69) is 55.3 Å². The van der Waals surface area contributed by atoms with E-state index in [4.69, 9.17) is 0 Å². The molecule has 5 nitrogen and oxygen atoms in total. The zero-order valence-corrected chi connectivity index (χ0v) is 16.0. The molecule has 1 saturated carbocycles. The smallest absolute Gasteiger partial charge is 0.323 e.